The van der Waals surface area contributed by atoms with E-state index < -0.39 is 0 Å². The predicted octanol–water partition coefficient (Wildman–Crippen LogP) is 3.58. The molecular weight excluding hydrogens is 258 g/mol. The third-order valence-corrected chi connectivity index (χ3v) is 4.87. The van der Waals surface area contributed by atoms with Gasteiger partial charge in [-0.2, -0.15) is 5.10 Å². The molecule has 19 heavy (non-hydrogen) atoms. The number of nitrogens with one attached hydrogen (secondary N) is 1. The summed E-state index contributed by atoms with van der Waals surface area (Å²) in [5.41, 5.74) is 2.54. The summed E-state index contributed by atoms with van der Waals surface area (Å²) >= 11 is 6.43. The number of aryl methyl sites for hydroxylation is 2. The normalized spacial score (nSPS) is 27.1. The van der Waals surface area contributed by atoms with Crippen molar-refractivity contribution in [3.63, 3.8) is 0 Å². The van der Waals surface area contributed by atoms with E-state index in [1.165, 1.54) is 25.0 Å². The van der Waals surface area contributed by atoms with Crippen molar-refractivity contribution >= 4 is 11.6 Å². The average Bonchev–Trinajstić information content (AvgIpc) is 2.86. The van der Waals surface area contributed by atoms with Crippen molar-refractivity contribution in [2.45, 2.75) is 66.0 Å². The molecule has 1 aliphatic carbocycles. The Labute approximate surface area is 121 Å². The van der Waals surface area contributed by atoms with Crippen LogP contribution in [0.1, 0.15) is 51.4 Å². The van der Waals surface area contributed by atoms with Gasteiger partial charge in [-0.25, -0.2) is 0 Å². The van der Waals surface area contributed by atoms with E-state index in [0.29, 0.717) is 11.5 Å². The molecule has 1 aromatic heterocycles. The summed E-state index contributed by atoms with van der Waals surface area (Å²) in [7, 11) is 0. The van der Waals surface area contributed by atoms with Crippen LogP contribution >= 0.6 is 11.6 Å². The maximum Gasteiger partial charge on any atom is 0.0847 e. The number of rotatable bonds is 5. The lowest BCUT2D eigenvalue weighted by Crippen LogP contribution is -2.28. The summed E-state index contributed by atoms with van der Waals surface area (Å²) < 4.78 is 2.07. The maximum atomic E-state index is 6.43. The fourth-order valence-corrected chi connectivity index (χ4v) is 3.59. The first-order valence-corrected chi connectivity index (χ1v) is 7.82. The molecule has 1 heterocycles. The van der Waals surface area contributed by atoms with Crippen LogP contribution in [0.25, 0.3) is 0 Å². The average molecular weight is 284 g/mol. The van der Waals surface area contributed by atoms with Crippen LogP contribution < -0.4 is 5.32 Å². The first-order valence-electron chi connectivity index (χ1n) is 7.44. The fourth-order valence-electron chi connectivity index (χ4n) is 3.39. The van der Waals surface area contributed by atoms with Crippen molar-refractivity contribution in [1.82, 2.24) is 15.1 Å². The zero-order valence-corrected chi connectivity index (χ0v) is 13.3. The largest absolute Gasteiger partial charge is 0.314 e. The molecule has 1 aliphatic rings. The van der Waals surface area contributed by atoms with Crippen molar-refractivity contribution in [3.05, 3.63) is 16.4 Å². The summed E-state index contributed by atoms with van der Waals surface area (Å²) in [5, 5.41) is 8.98. The van der Waals surface area contributed by atoms with Crippen LogP contribution in [0.3, 0.4) is 0 Å². The van der Waals surface area contributed by atoms with Gasteiger partial charge >= 0.3 is 0 Å². The van der Waals surface area contributed by atoms with E-state index in [2.05, 4.69) is 35.9 Å². The number of halogens is 1. The third kappa shape index (κ3) is 3.14. The Bertz CT molecular complexity index is 441. The summed E-state index contributed by atoms with van der Waals surface area (Å²) in [6.45, 7) is 10.7. The van der Waals surface area contributed by atoms with Gasteiger partial charge in [0.1, 0.15) is 0 Å². The smallest absolute Gasteiger partial charge is 0.0847 e. The second-order valence-electron chi connectivity index (χ2n) is 6.15. The second kappa shape index (κ2) is 5.84. The highest BCUT2D eigenvalue weighted by molar-refractivity contribution is 6.31. The minimum absolute atomic E-state index is 0.357. The van der Waals surface area contributed by atoms with Gasteiger partial charge in [-0.1, -0.05) is 25.4 Å². The van der Waals surface area contributed by atoms with Crippen LogP contribution in [0.15, 0.2) is 0 Å². The zero-order valence-electron chi connectivity index (χ0n) is 12.6. The van der Waals surface area contributed by atoms with E-state index in [1.54, 1.807) is 0 Å². The van der Waals surface area contributed by atoms with Gasteiger partial charge in [0.25, 0.3) is 0 Å². The lowest BCUT2D eigenvalue weighted by Gasteiger charge is -2.25. The number of nitrogens with zero attached hydrogens (tertiary/aromatic N) is 2. The van der Waals surface area contributed by atoms with Crippen molar-refractivity contribution in [3.8, 4) is 0 Å². The Morgan fingerprint density at radius 1 is 1.47 bits per heavy atom. The highest BCUT2D eigenvalue weighted by Crippen LogP contribution is 2.42. The van der Waals surface area contributed by atoms with Gasteiger partial charge in [-0.3, -0.25) is 4.68 Å². The molecule has 0 spiro atoms. The minimum Gasteiger partial charge on any atom is -0.314 e. The molecule has 3 nitrogen and oxygen atoms in total. The highest BCUT2D eigenvalue weighted by atomic mass is 35.5. The highest BCUT2D eigenvalue weighted by Gasteiger charge is 2.36. The van der Waals surface area contributed by atoms with Crippen LogP contribution in [-0.2, 0) is 13.0 Å². The lowest BCUT2D eigenvalue weighted by molar-refractivity contribution is 0.313. The van der Waals surface area contributed by atoms with Crippen LogP contribution in [0.4, 0.5) is 0 Å². The molecule has 2 atom stereocenters. The first-order chi connectivity index (χ1) is 8.99. The van der Waals surface area contributed by atoms with E-state index in [0.717, 1.165) is 30.2 Å². The Hall–Kier alpha value is -0.540. The number of hydrogen-bond donors (Lipinski definition) is 1. The van der Waals surface area contributed by atoms with Gasteiger partial charge in [0.05, 0.1) is 16.4 Å². The molecule has 0 amide bonds. The number of aromatic nitrogens is 2. The topological polar surface area (TPSA) is 29.9 Å². The van der Waals surface area contributed by atoms with Gasteiger partial charge in [-0.05, 0) is 51.5 Å². The van der Waals surface area contributed by atoms with Gasteiger partial charge in [0.2, 0.25) is 0 Å². The Morgan fingerprint density at radius 3 is 2.84 bits per heavy atom. The molecule has 1 aromatic rings. The molecule has 1 N–H and O–H groups in total. The maximum absolute atomic E-state index is 6.43. The standard InChI is InChI=1S/C15H26ClN3/c1-5-17-12-7-8-15(4,9-12)10-13-14(16)11(3)18-19(13)6-2/h12,17H,5-10H2,1-4H3. The summed E-state index contributed by atoms with van der Waals surface area (Å²) in [6.07, 6.45) is 4.84. The van der Waals surface area contributed by atoms with Gasteiger partial charge in [0.15, 0.2) is 0 Å². The molecular formula is C15H26ClN3. The molecule has 2 unspecified atom stereocenters. The van der Waals surface area contributed by atoms with E-state index in [1.807, 2.05) is 6.92 Å². The molecule has 1 saturated carbocycles. The summed E-state index contributed by atoms with van der Waals surface area (Å²) in [5.74, 6) is 0. The second-order valence-corrected chi connectivity index (χ2v) is 6.52. The molecule has 0 saturated heterocycles. The van der Waals surface area contributed by atoms with E-state index in [9.17, 15) is 0 Å². The Balaban J connectivity index is 2.13. The lowest BCUT2D eigenvalue weighted by atomic mass is 9.83. The molecule has 108 valence electrons. The van der Waals surface area contributed by atoms with Crippen LogP contribution in [0.2, 0.25) is 5.02 Å². The van der Waals surface area contributed by atoms with Crippen molar-refractivity contribution in [2.75, 3.05) is 6.54 Å². The van der Waals surface area contributed by atoms with Crippen LogP contribution in [-0.4, -0.2) is 22.4 Å². The zero-order chi connectivity index (χ0) is 14.0. The monoisotopic (exact) mass is 283 g/mol. The summed E-state index contributed by atoms with van der Waals surface area (Å²) in [6, 6.07) is 0.674. The first kappa shape index (κ1) is 14.9. The van der Waals surface area contributed by atoms with Crippen LogP contribution in [0.5, 0.6) is 0 Å². The van der Waals surface area contributed by atoms with Gasteiger partial charge in [0, 0.05) is 12.6 Å². The molecule has 2 rings (SSSR count). The quantitative estimate of drug-likeness (QED) is 0.895. The van der Waals surface area contributed by atoms with Crippen molar-refractivity contribution in [1.29, 1.82) is 0 Å². The van der Waals surface area contributed by atoms with E-state index in [4.69, 9.17) is 11.6 Å². The molecule has 1 fully saturated rings. The van der Waals surface area contributed by atoms with Crippen molar-refractivity contribution < 1.29 is 0 Å². The molecule has 0 aliphatic heterocycles. The van der Waals surface area contributed by atoms with E-state index in [-0.39, 0.29) is 0 Å². The predicted molar refractivity (Wildman–Crippen MR) is 80.8 cm³/mol. The van der Waals surface area contributed by atoms with Gasteiger partial charge < -0.3 is 5.32 Å². The van der Waals surface area contributed by atoms with E-state index >= 15 is 0 Å². The molecule has 4 heteroatoms. The van der Waals surface area contributed by atoms with Crippen LogP contribution in [0, 0.1) is 12.3 Å². The Kier molecular flexibility index (Phi) is 4.57. The number of hydrogen-bond acceptors (Lipinski definition) is 2. The van der Waals surface area contributed by atoms with Crippen molar-refractivity contribution in [2.24, 2.45) is 5.41 Å². The SMILES string of the molecule is CCNC1CCC(C)(Cc2c(Cl)c(C)nn2CC)C1. The van der Waals surface area contributed by atoms with Gasteiger partial charge in [-0.15, -0.1) is 0 Å². The molecule has 0 bridgehead atoms. The molecule has 0 aromatic carbocycles. The fraction of sp³-hybridized carbons (Fsp3) is 0.800. The third-order valence-electron chi connectivity index (χ3n) is 4.38. The minimum atomic E-state index is 0.357. The molecule has 0 radical (unpaired) electrons. The Morgan fingerprint density at radius 2 is 2.21 bits per heavy atom. The summed E-state index contributed by atoms with van der Waals surface area (Å²) in [4.78, 5) is 0.